The van der Waals surface area contributed by atoms with Crippen LogP contribution in [0.25, 0.3) is 0 Å². The Morgan fingerprint density at radius 3 is 2.34 bits per heavy atom. The molecule has 1 aromatic carbocycles. The predicted octanol–water partition coefficient (Wildman–Crippen LogP) is 2.90. The number of hydrogen-bond acceptors (Lipinski definition) is 6. The van der Waals surface area contributed by atoms with Crippen LogP contribution in [0.2, 0.25) is 0 Å². The van der Waals surface area contributed by atoms with Gasteiger partial charge in [-0.1, -0.05) is 24.8 Å². The van der Waals surface area contributed by atoms with Crippen LogP contribution >= 0.6 is 0 Å². The maximum absolute atomic E-state index is 12.6. The van der Waals surface area contributed by atoms with Crippen molar-refractivity contribution in [1.82, 2.24) is 5.32 Å². The van der Waals surface area contributed by atoms with Crippen LogP contribution in [0.5, 0.6) is 0 Å². The Balaban J connectivity index is 2.50. The molecule has 1 unspecified atom stereocenters. The summed E-state index contributed by atoms with van der Waals surface area (Å²) in [6, 6.07) is 8.55. The van der Waals surface area contributed by atoms with Gasteiger partial charge < -0.3 is 24.8 Å². The summed E-state index contributed by atoms with van der Waals surface area (Å²) in [6.07, 6.45) is -0.109. The molecule has 0 heterocycles. The van der Waals surface area contributed by atoms with E-state index in [1.54, 1.807) is 31.2 Å². The Labute approximate surface area is 171 Å². The molecule has 29 heavy (non-hydrogen) atoms. The summed E-state index contributed by atoms with van der Waals surface area (Å²) in [5.74, 6) is -1.18. The third-order valence-electron chi connectivity index (χ3n) is 3.75. The lowest BCUT2D eigenvalue weighted by Crippen LogP contribution is -2.41. The number of ether oxygens (including phenoxy) is 3. The lowest BCUT2D eigenvalue weighted by molar-refractivity contribution is -0.167. The summed E-state index contributed by atoms with van der Waals surface area (Å²) >= 11 is 0. The van der Waals surface area contributed by atoms with Gasteiger partial charge in [0.1, 0.15) is 18.6 Å². The number of nitrogens with one attached hydrogen (secondary N) is 2. The lowest BCUT2D eigenvalue weighted by Gasteiger charge is -2.27. The summed E-state index contributed by atoms with van der Waals surface area (Å²) < 4.78 is 15.9. The van der Waals surface area contributed by atoms with Crippen LogP contribution in [0.3, 0.4) is 0 Å². The highest BCUT2D eigenvalue weighted by Crippen LogP contribution is 2.21. The van der Waals surface area contributed by atoms with E-state index in [1.807, 2.05) is 19.9 Å². The smallest absolute Gasteiger partial charge is 0.333 e. The molecular weight excluding hydrogens is 376 g/mol. The second kappa shape index (κ2) is 11.9. The Kier molecular flexibility index (Phi) is 9.88. The molecule has 0 spiro atoms. The van der Waals surface area contributed by atoms with Crippen LogP contribution in [-0.4, -0.2) is 50.4 Å². The molecule has 1 aromatic rings. The summed E-state index contributed by atoms with van der Waals surface area (Å²) in [5, 5.41) is 5.26. The summed E-state index contributed by atoms with van der Waals surface area (Å²) in [4.78, 5) is 36.0. The van der Waals surface area contributed by atoms with Gasteiger partial charge >= 0.3 is 18.0 Å². The molecule has 2 N–H and O–H groups in total. The van der Waals surface area contributed by atoms with Gasteiger partial charge in [-0.15, -0.1) is 0 Å². The fourth-order valence-corrected chi connectivity index (χ4v) is 2.04. The van der Waals surface area contributed by atoms with Gasteiger partial charge in [0, 0.05) is 11.3 Å². The molecule has 0 bridgehead atoms. The van der Waals surface area contributed by atoms with Gasteiger partial charge in [-0.3, -0.25) is 4.79 Å². The van der Waals surface area contributed by atoms with Crippen molar-refractivity contribution in [1.29, 1.82) is 0 Å². The third kappa shape index (κ3) is 9.25. The van der Waals surface area contributed by atoms with Crippen LogP contribution in [0.15, 0.2) is 42.5 Å². The van der Waals surface area contributed by atoms with E-state index in [0.29, 0.717) is 5.69 Å². The lowest BCUT2D eigenvalue weighted by atomic mass is 9.93. The molecule has 8 heteroatoms. The van der Waals surface area contributed by atoms with Gasteiger partial charge in [0.25, 0.3) is 0 Å². The first-order chi connectivity index (χ1) is 13.6. The highest BCUT2D eigenvalue weighted by atomic mass is 16.6. The quantitative estimate of drug-likeness (QED) is 0.333. The van der Waals surface area contributed by atoms with E-state index in [2.05, 4.69) is 17.2 Å². The van der Waals surface area contributed by atoms with Crippen molar-refractivity contribution in [2.45, 2.75) is 33.8 Å². The second-order valence-corrected chi connectivity index (χ2v) is 7.16. The molecule has 2 amide bonds. The van der Waals surface area contributed by atoms with E-state index < -0.39 is 23.4 Å². The number of benzene rings is 1. The topological polar surface area (TPSA) is 103 Å². The van der Waals surface area contributed by atoms with Crippen molar-refractivity contribution in [2.75, 3.05) is 31.7 Å². The van der Waals surface area contributed by atoms with Crippen molar-refractivity contribution in [2.24, 2.45) is 5.41 Å². The molecule has 8 nitrogen and oxygen atoms in total. The van der Waals surface area contributed by atoms with Gasteiger partial charge in [-0.05, 0) is 39.8 Å². The van der Waals surface area contributed by atoms with Crippen molar-refractivity contribution >= 4 is 23.7 Å². The van der Waals surface area contributed by atoms with Crippen molar-refractivity contribution in [3.63, 3.8) is 0 Å². The molecule has 0 saturated carbocycles. The molecule has 0 aromatic heterocycles. The van der Waals surface area contributed by atoms with Crippen molar-refractivity contribution in [3.05, 3.63) is 42.5 Å². The number of urea groups is 1. The van der Waals surface area contributed by atoms with Gasteiger partial charge in [-0.25, -0.2) is 9.59 Å². The first kappa shape index (κ1) is 24.2. The molecule has 1 atom stereocenters. The monoisotopic (exact) mass is 406 g/mol. The maximum atomic E-state index is 12.6. The Bertz CT molecular complexity index is 704. The van der Waals surface area contributed by atoms with E-state index in [0.717, 1.165) is 0 Å². The van der Waals surface area contributed by atoms with Gasteiger partial charge in [0.2, 0.25) is 0 Å². The van der Waals surface area contributed by atoms with Crippen LogP contribution < -0.4 is 10.6 Å². The zero-order chi connectivity index (χ0) is 21.9. The Morgan fingerprint density at radius 1 is 1.10 bits per heavy atom. The van der Waals surface area contributed by atoms with Crippen LogP contribution in [0.1, 0.15) is 27.7 Å². The molecule has 0 aliphatic carbocycles. The predicted molar refractivity (Wildman–Crippen MR) is 109 cm³/mol. The minimum Gasteiger partial charge on any atom is -0.463 e. The molecule has 160 valence electrons. The number of para-hydroxylation sites is 1. The highest BCUT2D eigenvalue weighted by Gasteiger charge is 2.37. The zero-order valence-corrected chi connectivity index (χ0v) is 17.4. The van der Waals surface area contributed by atoms with Crippen LogP contribution in [0.4, 0.5) is 10.5 Å². The number of hydrogen-bond donors (Lipinski definition) is 2. The number of amides is 2. The molecule has 0 aliphatic rings. The second-order valence-electron chi connectivity index (χ2n) is 7.16. The number of carbonyl (C=O) groups excluding carboxylic acids is 3. The van der Waals surface area contributed by atoms with Crippen molar-refractivity contribution < 1.29 is 28.6 Å². The Hall–Kier alpha value is -2.87. The number of anilines is 1. The van der Waals surface area contributed by atoms with E-state index in [9.17, 15) is 14.4 Å². The van der Waals surface area contributed by atoms with E-state index in [4.69, 9.17) is 14.2 Å². The average Bonchev–Trinajstić information content (AvgIpc) is 2.68. The molecule has 0 aliphatic heterocycles. The minimum absolute atomic E-state index is 0.0227. The Morgan fingerprint density at radius 2 is 1.76 bits per heavy atom. The van der Waals surface area contributed by atoms with Gasteiger partial charge in [-0.2, -0.15) is 0 Å². The van der Waals surface area contributed by atoms with E-state index in [-0.39, 0.29) is 38.0 Å². The minimum atomic E-state index is -1.18. The normalized spacial score (nSPS) is 12.6. The van der Waals surface area contributed by atoms with Gasteiger partial charge in [0.15, 0.2) is 0 Å². The number of carbonyl (C=O) groups is 3. The van der Waals surface area contributed by atoms with Crippen molar-refractivity contribution in [3.8, 4) is 0 Å². The molecule has 0 radical (unpaired) electrons. The largest absolute Gasteiger partial charge is 0.463 e. The SMILES string of the molecule is C=C(C)C(=O)OCC(C)(COC(C)C)C(=O)OCCNC(=O)Nc1ccccc1. The maximum Gasteiger partial charge on any atom is 0.333 e. The first-order valence-electron chi connectivity index (χ1n) is 9.35. The van der Waals surface area contributed by atoms with Crippen LogP contribution in [-0.2, 0) is 23.8 Å². The molecule has 1 rings (SSSR count). The fraction of sp³-hybridized carbons (Fsp3) is 0.476. The van der Waals surface area contributed by atoms with E-state index >= 15 is 0 Å². The third-order valence-corrected chi connectivity index (χ3v) is 3.75. The molecule has 0 fully saturated rings. The van der Waals surface area contributed by atoms with Gasteiger partial charge in [0.05, 0.1) is 19.3 Å². The fourth-order valence-electron chi connectivity index (χ4n) is 2.04. The number of esters is 2. The summed E-state index contributed by atoms with van der Waals surface area (Å²) in [7, 11) is 0. The summed E-state index contributed by atoms with van der Waals surface area (Å²) in [5.41, 5.74) is -0.291. The highest BCUT2D eigenvalue weighted by molar-refractivity contribution is 5.89. The van der Waals surface area contributed by atoms with E-state index in [1.165, 1.54) is 6.92 Å². The zero-order valence-electron chi connectivity index (χ0n) is 17.4. The molecule has 0 saturated heterocycles. The average molecular weight is 406 g/mol. The standard InChI is InChI=1S/C21H30N2O6/c1-15(2)18(24)29-14-21(5,13-28-16(3)4)19(25)27-12-11-22-20(26)23-17-9-7-6-8-10-17/h6-10,16H,1,11-14H2,2-5H3,(H2,22,23,26). The summed E-state index contributed by atoms with van der Waals surface area (Å²) in [6.45, 7) is 10.2. The first-order valence-corrected chi connectivity index (χ1v) is 9.35. The number of rotatable bonds is 11. The molecular formula is C21H30N2O6. The van der Waals surface area contributed by atoms with Crippen LogP contribution in [0, 0.1) is 5.41 Å².